The Hall–Kier alpha value is -2.70. The van der Waals surface area contributed by atoms with E-state index in [-0.39, 0.29) is 5.75 Å². The number of benzene rings is 3. The predicted octanol–water partition coefficient (Wildman–Crippen LogP) is 2.41. The topological polar surface area (TPSA) is 89.3 Å². The van der Waals surface area contributed by atoms with Crippen LogP contribution in [0.2, 0.25) is 0 Å². The number of nitrogens with two attached hydrogens (primary N) is 1. The van der Waals surface area contributed by atoms with Gasteiger partial charge in [-0.15, -0.1) is 0 Å². The van der Waals surface area contributed by atoms with Crippen LogP contribution in [0.3, 0.4) is 0 Å². The maximum atomic E-state index is 12.0. The van der Waals surface area contributed by atoms with E-state index in [0.717, 1.165) is 21.9 Å². The Bertz CT molecular complexity index is 1010. The maximum absolute atomic E-state index is 12.0. The Morgan fingerprint density at radius 2 is 1.60 bits per heavy atom. The number of hydrogen-bond donors (Lipinski definition) is 2. The quantitative estimate of drug-likeness (QED) is 0.418. The molecule has 0 bridgehead atoms. The molecule has 0 radical (unpaired) electrons. The molecule has 3 N–H and O–H groups in total. The third kappa shape index (κ3) is 4.04. The highest BCUT2D eigenvalue weighted by Gasteiger charge is 2.16. The molecule has 0 aliphatic heterocycles. The smallest absolute Gasteiger partial charge is 0.249 e. The highest BCUT2D eigenvalue weighted by Crippen LogP contribution is 2.28. The summed E-state index contributed by atoms with van der Waals surface area (Å²) in [5, 5.41) is 2.30. The van der Waals surface area contributed by atoms with E-state index in [0.29, 0.717) is 5.56 Å². The second-order valence-electron chi connectivity index (χ2n) is 5.82. The minimum atomic E-state index is -3.55. The van der Waals surface area contributed by atoms with Crippen molar-refractivity contribution < 1.29 is 13.2 Å². The Labute approximate surface area is 146 Å². The number of sulfone groups is 1. The summed E-state index contributed by atoms with van der Waals surface area (Å²) in [5.41, 5.74) is 4.57. The predicted molar refractivity (Wildman–Crippen MR) is 99.2 cm³/mol. The molecule has 0 saturated heterocycles. The number of fused-ring (bicyclic) bond motifs is 1. The Balaban J connectivity index is 1.86. The van der Waals surface area contributed by atoms with Gasteiger partial charge >= 0.3 is 0 Å². The van der Waals surface area contributed by atoms with Gasteiger partial charge in [-0.05, 0) is 27.5 Å². The molecule has 0 atom stereocenters. The third-order valence-electron chi connectivity index (χ3n) is 3.95. The standard InChI is InChI=1S/C19H18N2O3S/c20-21-19(22)13-25(23,24)12-14-8-10-16(11-9-14)18-7-3-5-15-4-1-2-6-17(15)18/h1-11H,12-13,20H2,(H,21,22). The lowest BCUT2D eigenvalue weighted by atomic mass is 9.98. The second kappa shape index (κ2) is 7.04. The summed E-state index contributed by atoms with van der Waals surface area (Å²) >= 11 is 0. The number of hydrazine groups is 1. The van der Waals surface area contributed by atoms with Crippen LogP contribution in [0.5, 0.6) is 0 Å². The summed E-state index contributed by atoms with van der Waals surface area (Å²) in [4.78, 5) is 11.2. The summed E-state index contributed by atoms with van der Waals surface area (Å²) < 4.78 is 24.0. The molecule has 3 rings (SSSR count). The summed E-state index contributed by atoms with van der Waals surface area (Å²) in [5.74, 6) is 3.41. The van der Waals surface area contributed by atoms with Crippen LogP contribution in [0.1, 0.15) is 5.56 Å². The van der Waals surface area contributed by atoms with Crippen molar-refractivity contribution in [1.82, 2.24) is 5.43 Å². The SMILES string of the molecule is NNC(=O)CS(=O)(=O)Cc1ccc(-c2cccc3ccccc23)cc1. The van der Waals surface area contributed by atoms with Crippen LogP contribution in [0.4, 0.5) is 0 Å². The van der Waals surface area contributed by atoms with Crippen molar-refractivity contribution in [2.24, 2.45) is 5.84 Å². The fourth-order valence-electron chi connectivity index (χ4n) is 2.80. The molecule has 0 saturated carbocycles. The molecule has 3 aromatic carbocycles. The van der Waals surface area contributed by atoms with E-state index in [2.05, 4.69) is 18.2 Å². The molecule has 0 unspecified atom stereocenters. The Morgan fingerprint density at radius 3 is 2.32 bits per heavy atom. The lowest BCUT2D eigenvalue weighted by molar-refractivity contribution is -0.118. The van der Waals surface area contributed by atoms with Crippen LogP contribution in [-0.4, -0.2) is 20.1 Å². The number of rotatable bonds is 5. The van der Waals surface area contributed by atoms with Crippen LogP contribution in [0.15, 0.2) is 66.7 Å². The van der Waals surface area contributed by atoms with Crippen LogP contribution in [-0.2, 0) is 20.4 Å². The number of carbonyl (C=O) groups excluding carboxylic acids is 1. The number of nitrogens with one attached hydrogen (secondary N) is 1. The van der Waals surface area contributed by atoms with Gasteiger partial charge in [0.1, 0.15) is 5.75 Å². The van der Waals surface area contributed by atoms with Crippen molar-refractivity contribution in [2.75, 3.05) is 5.75 Å². The Morgan fingerprint density at radius 1 is 0.920 bits per heavy atom. The fourth-order valence-corrected chi connectivity index (χ4v) is 4.09. The summed E-state index contributed by atoms with van der Waals surface area (Å²) in [6, 6.07) is 21.6. The van der Waals surface area contributed by atoms with Gasteiger partial charge in [-0.2, -0.15) is 0 Å². The van der Waals surface area contributed by atoms with Gasteiger partial charge in [-0.25, -0.2) is 14.3 Å². The minimum absolute atomic E-state index is 0.198. The molecule has 0 heterocycles. The van der Waals surface area contributed by atoms with E-state index in [9.17, 15) is 13.2 Å². The summed E-state index contributed by atoms with van der Waals surface area (Å²) in [7, 11) is -3.55. The van der Waals surface area contributed by atoms with E-state index in [4.69, 9.17) is 5.84 Å². The molecule has 0 aliphatic carbocycles. The zero-order valence-electron chi connectivity index (χ0n) is 13.5. The average Bonchev–Trinajstić information content (AvgIpc) is 2.61. The third-order valence-corrected chi connectivity index (χ3v) is 5.43. The van der Waals surface area contributed by atoms with Gasteiger partial charge in [0, 0.05) is 0 Å². The number of amides is 1. The van der Waals surface area contributed by atoms with Gasteiger partial charge in [0.15, 0.2) is 9.84 Å². The first-order chi connectivity index (χ1) is 12.0. The first-order valence-corrected chi connectivity index (χ1v) is 9.57. The molecule has 1 amide bonds. The number of hydrogen-bond acceptors (Lipinski definition) is 4. The van der Waals surface area contributed by atoms with Crippen molar-refractivity contribution >= 4 is 26.5 Å². The van der Waals surface area contributed by atoms with Crippen LogP contribution in [0, 0.1) is 0 Å². The lowest BCUT2D eigenvalue weighted by Gasteiger charge is -2.08. The molecule has 0 spiro atoms. The normalized spacial score (nSPS) is 11.4. The highest BCUT2D eigenvalue weighted by molar-refractivity contribution is 7.91. The second-order valence-corrected chi connectivity index (χ2v) is 7.89. The molecule has 0 aromatic heterocycles. The average molecular weight is 354 g/mol. The first-order valence-electron chi connectivity index (χ1n) is 7.75. The van der Waals surface area contributed by atoms with E-state index >= 15 is 0 Å². The van der Waals surface area contributed by atoms with E-state index in [1.165, 1.54) is 0 Å². The monoisotopic (exact) mass is 354 g/mol. The van der Waals surface area contributed by atoms with Crippen LogP contribution >= 0.6 is 0 Å². The lowest BCUT2D eigenvalue weighted by Crippen LogP contribution is -2.35. The molecule has 5 nitrogen and oxygen atoms in total. The molecule has 128 valence electrons. The molecule has 25 heavy (non-hydrogen) atoms. The van der Waals surface area contributed by atoms with Gasteiger partial charge in [0.05, 0.1) is 5.75 Å². The maximum Gasteiger partial charge on any atom is 0.249 e. The molecule has 3 aromatic rings. The van der Waals surface area contributed by atoms with Gasteiger partial charge in [-0.1, -0.05) is 66.7 Å². The summed E-state index contributed by atoms with van der Waals surface area (Å²) in [6.45, 7) is 0. The fraction of sp³-hybridized carbons (Fsp3) is 0.105. The van der Waals surface area contributed by atoms with Gasteiger partial charge in [0.2, 0.25) is 5.91 Å². The van der Waals surface area contributed by atoms with Crippen LogP contribution in [0.25, 0.3) is 21.9 Å². The molecular formula is C19H18N2O3S. The van der Waals surface area contributed by atoms with Gasteiger partial charge in [-0.3, -0.25) is 10.2 Å². The largest absolute Gasteiger partial charge is 0.293 e. The summed E-state index contributed by atoms with van der Waals surface area (Å²) in [6.07, 6.45) is 0. The van der Waals surface area contributed by atoms with E-state index in [1.54, 1.807) is 12.1 Å². The Kier molecular flexibility index (Phi) is 4.83. The molecule has 0 aliphatic rings. The van der Waals surface area contributed by atoms with Crippen molar-refractivity contribution in [3.63, 3.8) is 0 Å². The highest BCUT2D eigenvalue weighted by atomic mass is 32.2. The number of carbonyl (C=O) groups is 1. The van der Waals surface area contributed by atoms with Crippen molar-refractivity contribution in [3.05, 3.63) is 72.3 Å². The first kappa shape index (κ1) is 17.1. The molecule has 0 fully saturated rings. The van der Waals surface area contributed by atoms with Crippen LogP contribution < -0.4 is 11.3 Å². The van der Waals surface area contributed by atoms with Gasteiger partial charge < -0.3 is 0 Å². The minimum Gasteiger partial charge on any atom is -0.293 e. The van der Waals surface area contributed by atoms with Crippen molar-refractivity contribution in [3.8, 4) is 11.1 Å². The van der Waals surface area contributed by atoms with E-state index in [1.807, 2.05) is 41.8 Å². The van der Waals surface area contributed by atoms with Crippen molar-refractivity contribution in [2.45, 2.75) is 5.75 Å². The zero-order chi connectivity index (χ0) is 17.9. The zero-order valence-corrected chi connectivity index (χ0v) is 14.3. The van der Waals surface area contributed by atoms with E-state index < -0.39 is 21.5 Å². The van der Waals surface area contributed by atoms with Crippen molar-refractivity contribution in [1.29, 1.82) is 0 Å². The molecule has 6 heteroatoms. The van der Waals surface area contributed by atoms with Gasteiger partial charge in [0.25, 0.3) is 0 Å². The molecular weight excluding hydrogens is 336 g/mol.